The molecule has 0 saturated carbocycles. The number of nitrogens with one attached hydrogen (secondary N) is 2. The van der Waals surface area contributed by atoms with Crippen LogP contribution in [0.5, 0.6) is 0 Å². The molecule has 18 heavy (non-hydrogen) atoms. The van der Waals surface area contributed by atoms with Crippen molar-refractivity contribution in [3.63, 3.8) is 0 Å². The Morgan fingerprint density at radius 2 is 2.11 bits per heavy atom. The molecule has 90 valence electrons. The van der Waals surface area contributed by atoms with Crippen molar-refractivity contribution in [2.45, 2.75) is 18.9 Å². The molecule has 5 heteroatoms. The highest BCUT2D eigenvalue weighted by molar-refractivity contribution is 5.78. The minimum Gasteiger partial charge on any atom is -0.383 e. The van der Waals surface area contributed by atoms with Gasteiger partial charge in [0, 0.05) is 24.7 Å². The lowest BCUT2D eigenvalue weighted by Gasteiger charge is -2.12. The van der Waals surface area contributed by atoms with Crippen LogP contribution in [0.2, 0.25) is 0 Å². The fourth-order valence-corrected chi connectivity index (χ4v) is 1.92. The maximum absolute atomic E-state index is 11.0. The zero-order valence-electron chi connectivity index (χ0n) is 9.73. The van der Waals surface area contributed by atoms with E-state index >= 15 is 0 Å². The summed E-state index contributed by atoms with van der Waals surface area (Å²) >= 11 is 0. The molecule has 1 saturated heterocycles. The van der Waals surface area contributed by atoms with Crippen molar-refractivity contribution in [1.82, 2.24) is 5.32 Å². The Kier molecular flexibility index (Phi) is 3.45. The molecule has 0 bridgehead atoms. The second kappa shape index (κ2) is 5.20. The molecule has 0 spiro atoms. The molecular weight excluding hydrogens is 228 g/mol. The molecule has 1 aromatic carbocycles. The Morgan fingerprint density at radius 3 is 2.72 bits per heavy atom. The van der Waals surface area contributed by atoms with Crippen LogP contribution in [0.4, 0.5) is 5.69 Å². The van der Waals surface area contributed by atoms with Gasteiger partial charge in [-0.1, -0.05) is 0 Å². The third kappa shape index (κ3) is 2.58. The average Bonchev–Trinajstić information content (AvgIpc) is 2.81. The van der Waals surface area contributed by atoms with Gasteiger partial charge in [0.2, 0.25) is 5.91 Å². The first-order chi connectivity index (χ1) is 8.72. The zero-order valence-corrected chi connectivity index (χ0v) is 9.73. The van der Waals surface area contributed by atoms with E-state index in [0.29, 0.717) is 24.1 Å². The van der Waals surface area contributed by atoms with Gasteiger partial charge >= 0.3 is 0 Å². The molecule has 2 N–H and O–H groups in total. The minimum absolute atomic E-state index is 0.0827. The first-order valence-corrected chi connectivity index (χ1v) is 5.70. The normalized spacial score (nSPS) is 17.7. The van der Waals surface area contributed by atoms with Gasteiger partial charge in [-0.25, -0.2) is 0 Å². The van der Waals surface area contributed by atoms with Gasteiger partial charge in [0.15, 0.2) is 0 Å². The molecule has 5 nitrogen and oxygen atoms in total. The first-order valence-electron chi connectivity index (χ1n) is 5.70. The Balaban J connectivity index is 2.00. The highest BCUT2D eigenvalue weighted by atomic mass is 16.1. The lowest BCUT2D eigenvalue weighted by Crippen LogP contribution is -2.31. The summed E-state index contributed by atoms with van der Waals surface area (Å²) in [5.41, 5.74) is 1.52. The molecule has 1 aliphatic heterocycles. The summed E-state index contributed by atoms with van der Waals surface area (Å²) in [5.74, 6) is 0.0827. The molecule has 1 aliphatic rings. The molecule has 0 radical (unpaired) electrons. The topological polar surface area (TPSA) is 88.7 Å². The van der Waals surface area contributed by atoms with E-state index in [9.17, 15) is 4.79 Å². The summed E-state index contributed by atoms with van der Waals surface area (Å²) in [6.45, 7) is 0.627. The van der Waals surface area contributed by atoms with Gasteiger partial charge in [-0.15, -0.1) is 0 Å². The highest BCUT2D eigenvalue weighted by Crippen LogP contribution is 2.15. The number of hydrogen-bond donors (Lipinski definition) is 2. The van der Waals surface area contributed by atoms with Crippen LogP contribution < -0.4 is 10.6 Å². The van der Waals surface area contributed by atoms with E-state index in [-0.39, 0.29) is 11.9 Å². The van der Waals surface area contributed by atoms with Crippen LogP contribution in [-0.2, 0) is 4.79 Å². The molecule has 0 aliphatic carbocycles. The van der Waals surface area contributed by atoms with Crippen molar-refractivity contribution in [1.29, 1.82) is 10.5 Å². The van der Waals surface area contributed by atoms with E-state index in [1.165, 1.54) is 0 Å². The maximum Gasteiger partial charge on any atom is 0.220 e. The van der Waals surface area contributed by atoms with Crippen LogP contribution in [0.1, 0.15) is 24.0 Å². The van der Waals surface area contributed by atoms with Crippen LogP contribution in [0.25, 0.3) is 0 Å². The van der Waals surface area contributed by atoms with Gasteiger partial charge in [0.05, 0.1) is 11.1 Å². The zero-order chi connectivity index (χ0) is 13.0. The fourth-order valence-electron chi connectivity index (χ4n) is 1.92. The number of carbonyl (C=O) groups excluding carboxylic acids is 1. The quantitative estimate of drug-likeness (QED) is 0.828. The van der Waals surface area contributed by atoms with Crippen LogP contribution >= 0.6 is 0 Å². The van der Waals surface area contributed by atoms with E-state index in [4.69, 9.17) is 10.5 Å². The van der Waals surface area contributed by atoms with Crippen LogP contribution in [-0.4, -0.2) is 18.5 Å². The van der Waals surface area contributed by atoms with Gasteiger partial charge in [-0.05, 0) is 24.6 Å². The number of hydrogen-bond acceptors (Lipinski definition) is 4. The Morgan fingerprint density at radius 1 is 1.33 bits per heavy atom. The molecule has 2 rings (SSSR count). The van der Waals surface area contributed by atoms with Crippen LogP contribution in [0.3, 0.4) is 0 Å². The largest absolute Gasteiger partial charge is 0.383 e. The first kappa shape index (κ1) is 11.9. The minimum atomic E-state index is 0.0827. The third-order valence-corrected chi connectivity index (χ3v) is 2.90. The highest BCUT2D eigenvalue weighted by Gasteiger charge is 2.20. The fraction of sp³-hybridized carbons (Fsp3) is 0.308. The number of benzene rings is 1. The van der Waals surface area contributed by atoms with Gasteiger partial charge in [0.25, 0.3) is 0 Å². The molecule has 1 aromatic rings. The van der Waals surface area contributed by atoms with Crippen molar-refractivity contribution >= 4 is 11.6 Å². The maximum atomic E-state index is 11.0. The number of rotatable bonds is 3. The summed E-state index contributed by atoms with van der Waals surface area (Å²) in [7, 11) is 0. The van der Waals surface area contributed by atoms with Crippen molar-refractivity contribution in [2.24, 2.45) is 0 Å². The molecule has 1 heterocycles. The second-order valence-electron chi connectivity index (χ2n) is 4.17. The summed E-state index contributed by atoms with van der Waals surface area (Å²) < 4.78 is 0. The second-order valence-corrected chi connectivity index (χ2v) is 4.17. The summed E-state index contributed by atoms with van der Waals surface area (Å²) in [4.78, 5) is 11.0. The van der Waals surface area contributed by atoms with E-state index in [2.05, 4.69) is 10.6 Å². The van der Waals surface area contributed by atoms with Crippen molar-refractivity contribution in [3.8, 4) is 12.1 Å². The monoisotopic (exact) mass is 240 g/mol. The third-order valence-electron chi connectivity index (χ3n) is 2.90. The summed E-state index contributed by atoms with van der Waals surface area (Å²) in [6, 6.07) is 9.12. The van der Waals surface area contributed by atoms with Gasteiger partial charge < -0.3 is 10.6 Å². The van der Waals surface area contributed by atoms with E-state index in [1.54, 1.807) is 18.2 Å². The number of amides is 1. The van der Waals surface area contributed by atoms with E-state index < -0.39 is 0 Å². The molecule has 1 unspecified atom stereocenters. The van der Waals surface area contributed by atoms with Crippen LogP contribution in [0.15, 0.2) is 18.2 Å². The SMILES string of the molecule is N#Cc1ccc(NCC2CCC(=O)N2)cc1C#N. The smallest absolute Gasteiger partial charge is 0.220 e. The lowest BCUT2D eigenvalue weighted by atomic mass is 10.1. The number of nitrogens with zero attached hydrogens (tertiary/aromatic N) is 2. The van der Waals surface area contributed by atoms with E-state index in [1.807, 2.05) is 12.1 Å². The van der Waals surface area contributed by atoms with Crippen LogP contribution in [0, 0.1) is 22.7 Å². The van der Waals surface area contributed by atoms with Crippen molar-refractivity contribution in [2.75, 3.05) is 11.9 Å². The van der Waals surface area contributed by atoms with Crippen molar-refractivity contribution in [3.05, 3.63) is 29.3 Å². The summed E-state index contributed by atoms with van der Waals surface area (Å²) in [6.07, 6.45) is 1.40. The molecule has 1 atom stereocenters. The van der Waals surface area contributed by atoms with Gasteiger partial charge in [-0.3, -0.25) is 4.79 Å². The average molecular weight is 240 g/mol. The number of carbonyl (C=O) groups is 1. The van der Waals surface area contributed by atoms with Gasteiger partial charge in [-0.2, -0.15) is 10.5 Å². The van der Waals surface area contributed by atoms with Crippen molar-refractivity contribution < 1.29 is 4.79 Å². The number of anilines is 1. The van der Waals surface area contributed by atoms with E-state index in [0.717, 1.165) is 12.1 Å². The molecule has 1 amide bonds. The van der Waals surface area contributed by atoms with Gasteiger partial charge in [0.1, 0.15) is 12.1 Å². The Labute approximate surface area is 105 Å². The Hall–Kier alpha value is -2.53. The summed E-state index contributed by atoms with van der Waals surface area (Å²) in [5, 5.41) is 23.7. The standard InChI is InChI=1S/C13H12N4O/c14-6-9-1-2-11(5-10(9)7-15)16-8-12-3-4-13(18)17-12/h1-2,5,12,16H,3-4,8H2,(H,17,18). The predicted octanol–water partition coefficient (Wildman–Crippen LogP) is 1.12. The molecule has 0 aromatic heterocycles. The lowest BCUT2D eigenvalue weighted by molar-refractivity contribution is -0.119. The molecule has 1 fully saturated rings. The molecular formula is C13H12N4O. The number of nitriles is 2. The Bertz CT molecular complexity index is 553. The predicted molar refractivity (Wildman–Crippen MR) is 65.5 cm³/mol.